The van der Waals surface area contributed by atoms with E-state index in [1.807, 2.05) is 0 Å². The molecule has 1 atom stereocenters. The number of aromatic nitrogens is 1. The second-order valence-corrected chi connectivity index (χ2v) is 8.60. The quantitative estimate of drug-likeness (QED) is 0.285. The Labute approximate surface area is 219 Å². The summed E-state index contributed by atoms with van der Waals surface area (Å²) in [6, 6.07) is 10.7. The number of hydrogen-bond acceptors (Lipinski definition) is 9. The van der Waals surface area contributed by atoms with Crippen molar-refractivity contribution in [2.45, 2.75) is 12.6 Å². The average molecular weight is 519 g/mol. The van der Waals surface area contributed by atoms with Crippen molar-refractivity contribution in [3.8, 4) is 28.7 Å². The maximum Gasteiger partial charge on any atom is 0.295 e. The summed E-state index contributed by atoms with van der Waals surface area (Å²) in [5, 5.41) is 11.5. The normalized spacial score (nSPS) is 17.9. The molecule has 196 valence electrons. The van der Waals surface area contributed by atoms with Crippen LogP contribution >= 0.6 is 0 Å². The number of aliphatic hydroxyl groups excluding tert-OH is 1. The zero-order valence-electron chi connectivity index (χ0n) is 21.1. The topological polar surface area (TPSA) is 117 Å². The number of carbonyl (C=O) groups excluding carboxylic acids is 2. The summed E-state index contributed by atoms with van der Waals surface area (Å²) in [6.45, 7) is 0.880. The van der Waals surface area contributed by atoms with E-state index in [4.69, 9.17) is 23.7 Å². The minimum absolute atomic E-state index is 0.0741. The maximum absolute atomic E-state index is 13.5. The summed E-state index contributed by atoms with van der Waals surface area (Å²) in [4.78, 5) is 32.3. The zero-order valence-corrected chi connectivity index (χ0v) is 21.1. The summed E-state index contributed by atoms with van der Waals surface area (Å²) < 4.78 is 27.7. The van der Waals surface area contributed by atoms with Crippen LogP contribution in [0.25, 0.3) is 5.76 Å². The van der Waals surface area contributed by atoms with Crippen LogP contribution in [0.3, 0.4) is 0 Å². The second-order valence-electron chi connectivity index (χ2n) is 8.60. The number of likely N-dealkylation sites (tertiary alicyclic amines) is 1. The average Bonchev–Trinajstić information content (AvgIpc) is 3.21. The summed E-state index contributed by atoms with van der Waals surface area (Å²) in [5.74, 6) is 0.118. The number of ketones is 1. The van der Waals surface area contributed by atoms with Gasteiger partial charge in [0.1, 0.15) is 19.0 Å². The largest absolute Gasteiger partial charge is 0.507 e. The number of carbonyl (C=O) groups is 2. The van der Waals surface area contributed by atoms with Gasteiger partial charge in [0.2, 0.25) is 5.75 Å². The Morgan fingerprint density at radius 3 is 2.24 bits per heavy atom. The van der Waals surface area contributed by atoms with Crippen molar-refractivity contribution in [2.24, 2.45) is 0 Å². The van der Waals surface area contributed by atoms with Crippen LogP contribution in [0.5, 0.6) is 28.7 Å². The molecule has 0 saturated carbocycles. The Morgan fingerprint density at radius 2 is 1.61 bits per heavy atom. The van der Waals surface area contributed by atoms with Crippen molar-refractivity contribution in [3.63, 3.8) is 0 Å². The van der Waals surface area contributed by atoms with Crippen molar-refractivity contribution >= 4 is 17.4 Å². The van der Waals surface area contributed by atoms with Gasteiger partial charge in [-0.3, -0.25) is 14.6 Å². The van der Waals surface area contributed by atoms with E-state index >= 15 is 0 Å². The van der Waals surface area contributed by atoms with E-state index in [2.05, 4.69) is 4.98 Å². The Morgan fingerprint density at radius 1 is 0.947 bits per heavy atom. The van der Waals surface area contributed by atoms with E-state index in [9.17, 15) is 14.7 Å². The molecule has 1 saturated heterocycles. The summed E-state index contributed by atoms with van der Waals surface area (Å²) in [7, 11) is 4.44. The highest BCUT2D eigenvalue weighted by Crippen LogP contribution is 2.46. The Hall–Kier alpha value is -4.73. The summed E-state index contributed by atoms with van der Waals surface area (Å²) >= 11 is 0. The molecule has 3 aromatic rings. The molecule has 1 amide bonds. The van der Waals surface area contributed by atoms with E-state index in [0.717, 1.165) is 5.56 Å². The van der Waals surface area contributed by atoms with E-state index in [1.54, 1.807) is 54.9 Å². The number of Topliss-reactive ketones (excluding diaryl/α,β-unsaturated/α-hetero) is 1. The third-order valence-corrected chi connectivity index (χ3v) is 6.46. The van der Waals surface area contributed by atoms with Crippen molar-refractivity contribution in [1.29, 1.82) is 0 Å². The minimum atomic E-state index is -0.954. The SMILES string of the molecule is COc1cc(C2/C(=C(\O)c3ccc4c(c3)OCCO4)C(=O)C(=O)N2Cc2ccncc2)cc(OC)c1OC. The molecule has 10 heteroatoms. The molecule has 2 aliphatic rings. The number of methoxy groups -OCH3 is 3. The van der Waals surface area contributed by atoms with Gasteiger partial charge in [-0.15, -0.1) is 0 Å². The molecule has 38 heavy (non-hydrogen) atoms. The van der Waals surface area contributed by atoms with Crippen molar-refractivity contribution in [3.05, 3.63) is 77.1 Å². The van der Waals surface area contributed by atoms with Gasteiger partial charge in [-0.1, -0.05) is 0 Å². The highest BCUT2D eigenvalue weighted by Gasteiger charge is 2.46. The van der Waals surface area contributed by atoms with Gasteiger partial charge in [0.05, 0.1) is 32.9 Å². The third-order valence-electron chi connectivity index (χ3n) is 6.46. The Balaban J connectivity index is 1.70. The fourth-order valence-corrected chi connectivity index (χ4v) is 4.68. The van der Waals surface area contributed by atoms with Gasteiger partial charge in [-0.2, -0.15) is 0 Å². The van der Waals surface area contributed by atoms with Crippen LogP contribution in [0.2, 0.25) is 0 Å². The highest BCUT2D eigenvalue weighted by atomic mass is 16.6. The fourth-order valence-electron chi connectivity index (χ4n) is 4.68. The van der Waals surface area contributed by atoms with Crippen LogP contribution in [-0.4, -0.2) is 61.2 Å². The van der Waals surface area contributed by atoms with Crippen LogP contribution in [0.4, 0.5) is 0 Å². The fraction of sp³-hybridized carbons (Fsp3) is 0.250. The predicted molar refractivity (Wildman–Crippen MR) is 136 cm³/mol. The van der Waals surface area contributed by atoms with E-state index in [-0.39, 0.29) is 17.9 Å². The van der Waals surface area contributed by atoms with Crippen LogP contribution < -0.4 is 23.7 Å². The lowest BCUT2D eigenvalue weighted by Crippen LogP contribution is -2.29. The molecular formula is C28H26N2O8. The molecule has 5 rings (SSSR count). The number of ether oxygens (including phenoxy) is 5. The first kappa shape index (κ1) is 24.9. The second kappa shape index (κ2) is 10.3. The lowest BCUT2D eigenvalue weighted by Gasteiger charge is -2.26. The molecule has 0 radical (unpaired) electrons. The minimum Gasteiger partial charge on any atom is -0.507 e. The molecule has 1 aromatic heterocycles. The van der Waals surface area contributed by atoms with Gasteiger partial charge in [0.25, 0.3) is 11.7 Å². The lowest BCUT2D eigenvalue weighted by atomic mass is 9.94. The molecular weight excluding hydrogens is 492 g/mol. The first-order valence-electron chi connectivity index (χ1n) is 11.8. The number of fused-ring (bicyclic) bond motifs is 1. The first-order valence-corrected chi connectivity index (χ1v) is 11.8. The third kappa shape index (κ3) is 4.34. The van der Waals surface area contributed by atoms with Crippen molar-refractivity contribution < 1.29 is 38.4 Å². The number of rotatable bonds is 7. The van der Waals surface area contributed by atoms with Crippen molar-refractivity contribution in [1.82, 2.24) is 9.88 Å². The number of pyridine rings is 1. The van der Waals surface area contributed by atoms with E-state index in [1.165, 1.54) is 26.2 Å². The molecule has 2 aliphatic heterocycles. The highest BCUT2D eigenvalue weighted by molar-refractivity contribution is 6.46. The van der Waals surface area contributed by atoms with Gasteiger partial charge in [-0.05, 0) is 53.6 Å². The van der Waals surface area contributed by atoms with Crippen LogP contribution in [0, 0.1) is 0 Å². The monoisotopic (exact) mass is 518 g/mol. The smallest absolute Gasteiger partial charge is 0.295 e. The van der Waals surface area contributed by atoms with Crippen LogP contribution in [0.1, 0.15) is 22.7 Å². The maximum atomic E-state index is 13.5. The molecule has 1 N–H and O–H groups in total. The summed E-state index contributed by atoms with van der Waals surface area (Å²) in [6.07, 6.45) is 3.21. The first-order chi connectivity index (χ1) is 18.5. The van der Waals surface area contributed by atoms with Gasteiger partial charge < -0.3 is 33.7 Å². The molecule has 3 heterocycles. The molecule has 10 nitrogen and oxygen atoms in total. The zero-order chi connectivity index (χ0) is 26.8. The number of amides is 1. The molecule has 2 aromatic carbocycles. The number of nitrogens with zero attached hydrogens (tertiary/aromatic N) is 2. The number of aliphatic hydroxyl groups is 1. The number of benzene rings is 2. The van der Waals surface area contributed by atoms with E-state index < -0.39 is 17.7 Å². The molecule has 1 fully saturated rings. The Bertz CT molecular complexity index is 1390. The van der Waals surface area contributed by atoms with Crippen LogP contribution in [-0.2, 0) is 16.1 Å². The molecule has 0 spiro atoms. The Kier molecular flexibility index (Phi) is 6.78. The molecule has 0 aliphatic carbocycles. The predicted octanol–water partition coefficient (Wildman–Crippen LogP) is 3.50. The number of hydrogen-bond donors (Lipinski definition) is 1. The standard InChI is InChI=1S/C28H26N2O8/c1-34-21-13-18(14-22(35-2)27(21)36-3)24-23(25(31)17-4-5-19-20(12-17)38-11-10-37-19)26(32)28(33)30(24)15-16-6-8-29-9-7-16/h4-9,12-14,24,31H,10-11,15H2,1-3H3/b25-23+. The van der Waals surface area contributed by atoms with E-state index in [0.29, 0.717) is 53.1 Å². The van der Waals surface area contributed by atoms with Gasteiger partial charge >= 0.3 is 0 Å². The van der Waals surface area contributed by atoms with Gasteiger partial charge in [0.15, 0.2) is 23.0 Å². The van der Waals surface area contributed by atoms with Gasteiger partial charge in [-0.25, -0.2) is 0 Å². The summed E-state index contributed by atoms with van der Waals surface area (Å²) in [5.41, 5.74) is 1.49. The van der Waals surface area contributed by atoms with Crippen LogP contribution in [0.15, 0.2) is 60.4 Å². The molecule has 1 unspecified atom stereocenters. The lowest BCUT2D eigenvalue weighted by molar-refractivity contribution is -0.140. The van der Waals surface area contributed by atoms with Crippen molar-refractivity contribution in [2.75, 3.05) is 34.5 Å². The molecule has 0 bridgehead atoms. The van der Waals surface area contributed by atoms with Gasteiger partial charge in [0, 0.05) is 24.5 Å².